The van der Waals surface area contributed by atoms with Gasteiger partial charge in [-0.15, -0.1) is 0 Å². The van der Waals surface area contributed by atoms with E-state index < -0.39 is 0 Å². The first-order valence-corrected chi connectivity index (χ1v) is 10.7. The summed E-state index contributed by atoms with van der Waals surface area (Å²) in [6.45, 7) is 6.17. The molecule has 0 bridgehead atoms. The third-order valence-electron chi connectivity index (χ3n) is 5.13. The van der Waals surface area contributed by atoms with Crippen molar-refractivity contribution in [2.45, 2.75) is 33.6 Å². The van der Waals surface area contributed by atoms with Gasteiger partial charge in [0.1, 0.15) is 0 Å². The van der Waals surface area contributed by atoms with Crippen LogP contribution in [0.15, 0.2) is 42.5 Å². The Balaban J connectivity index is 1.78. The molecule has 0 aliphatic carbocycles. The fourth-order valence-corrected chi connectivity index (χ4v) is 3.69. The van der Waals surface area contributed by atoms with Crippen molar-refractivity contribution in [3.8, 4) is 11.4 Å². The molecule has 1 N–H and O–H groups in total. The van der Waals surface area contributed by atoms with Crippen LogP contribution >= 0.6 is 11.6 Å². The number of hydrogen-bond acceptors (Lipinski definition) is 5. The molecule has 0 saturated carbocycles. The molecule has 32 heavy (non-hydrogen) atoms. The van der Waals surface area contributed by atoms with E-state index in [-0.39, 0.29) is 11.9 Å². The second-order valence-corrected chi connectivity index (χ2v) is 7.60. The van der Waals surface area contributed by atoms with Gasteiger partial charge in [0.25, 0.3) is 5.91 Å². The topological polar surface area (TPSA) is 82.5 Å². The number of hydrogen-bond donors (Lipinski definition) is 1. The summed E-state index contributed by atoms with van der Waals surface area (Å²) in [5.41, 5.74) is 4.65. The lowest BCUT2D eigenvalue weighted by atomic mass is 10.1. The number of ether oxygens (including phenoxy) is 2. The summed E-state index contributed by atoms with van der Waals surface area (Å²) >= 11 is 6.19. The highest BCUT2D eigenvalue weighted by molar-refractivity contribution is 6.32. The Kier molecular flexibility index (Phi) is 7.53. The van der Waals surface area contributed by atoms with Gasteiger partial charge in [-0.1, -0.05) is 17.7 Å². The van der Waals surface area contributed by atoms with Gasteiger partial charge in [0.05, 0.1) is 35.8 Å². The van der Waals surface area contributed by atoms with E-state index in [4.69, 9.17) is 21.1 Å². The van der Waals surface area contributed by atoms with Gasteiger partial charge < -0.3 is 14.8 Å². The third kappa shape index (κ3) is 5.11. The number of halogens is 1. The van der Waals surface area contributed by atoms with Crippen molar-refractivity contribution < 1.29 is 19.1 Å². The van der Waals surface area contributed by atoms with Crippen molar-refractivity contribution in [3.05, 3.63) is 70.0 Å². The van der Waals surface area contributed by atoms with Gasteiger partial charge in [0, 0.05) is 17.7 Å². The zero-order valence-electron chi connectivity index (χ0n) is 18.6. The molecule has 0 aliphatic rings. The molecule has 0 radical (unpaired) electrons. The summed E-state index contributed by atoms with van der Waals surface area (Å²) in [6, 6.07) is 12.4. The van der Waals surface area contributed by atoms with Crippen LogP contribution in [0, 0.1) is 13.8 Å². The Hall–Kier alpha value is -3.32. The third-order valence-corrected chi connectivity index (χ3v) is 5.42. The molecule has 8 heteroatoms. The van der Waals surface area contributed by atoms with E-state index in [1.807, 2.05) is 37.6 Å². The molecule has 0 unspecified atom stereocenters. The first kappa shape index (κ1) is 23.3. The van der Waals surface area contributed by atoms with Crippen molar-refractivity contribution in [2.75, 3.05) is 19.0 Å². The predicted octanol–water partition coefficient (Wildman–Crippen LogP) is 4.90. The van der Waals surface area contributed by atoms with Gasteiger partial charge >= 0.3 is 5.97 Å². The van der Waals surface area contributed by atoms with Crippen molar-refractivity contribution >= 4 is 29.2 Å². The van der Waals surface area contributed by atoms with Crippen LogP contribution in [-0.2, 0) is 16.0 Å². The first-order valence-electron chi connectivity index (χ1n) is 10.3. The van der Waals surface area contributed by atoms with Crippen molar-refractivity contribution in [1.29, 1.82) is 0 Å². The molecule has 168 valence electrons. The van der Waals surface area contributed by atoms with Crippen molar-refractivity contribution in [3.63, 3.8) is 0 Å². The molecule has 0 aliphatic heterocycles. The molecule has 1 heterocycles. The Morgan fingerprint density at radius 2 is 1.84 bits per heavy atom. The number of aromatic nitrogens is 2. The molecular formula is C24H26ClN3O4. The number of para-hydroxylation sites is 1. The van der Waals surface area contributed by atoms with E-state index in [0.29, 0.717) is 41.5 Å². The highest BCUT2D eigenvalue weighted by Crippen LogP contribution is 2.33. The average Bonchev–Trinajstić information content (AvgIpc) is 3.07. The molecule has 3 rings (SSSR count). The SMILES string of the molecule is CCOc1c(Cl)cccc1NC(=O)c1ccc(-n2nc(C)c(CCC(=O)OC)c2C)cc1. The van der Waals surface area contributed by atoms with Gasteiger partial charge in [-0.25, -0.2) is 4.68 Å². The fraction of sp³-hybridized carbons (Fsp3) is 0.292. The normalized spacial score (nSPS) is 10.7. The minimum Gasteiger partial charge on any atom is -0.490 e. The van der Waals surface area contributed by atoms with Crippen LogP contribution in [0.2, 0.25) is 5.02 Å². The molecule has 3 aromatic rings. The van der Waals surface area contributed by atoms with Crippen LogP contribution in [-0.4, -0.2) is 35.4 Å². The number of methoxy groups -OCH3 is 1. The summed E-state index contributed by atoms with van der Waals surface area (Å²) < 4.78 is 12.1. The number of amides is 1. The summed E-state index contributed by atoms with van der Waals surface area (Å²) in [5, 5.41) is 7.89. The van der Waals surface area contributed by atoms with Crippen LogP contribution in [0.4, 0.5) is 5.69 Å². The van der Waals surface area contributed by atoms with Gasteiger partial charge in [-0.3, -0.25) is 9.59 Å². The molecule has 1 amide bonds. The van der Waals surface area contributed by atoms with Crippen LogP contribution in [0.1, 0.15) is 40.7 Å². The molecule has 0 saturated heterocycles. The molecule has 0 spiro atoms. The largest absolute Gasteiger partial charge is 0.490 e. The highest BCUT2D eigenvalue weighted by atomic mass is 35.5. The quantitative estimate of drug-likeness (QED) is 0.488. The number of nitrogens with one attached hydrogen (secondary N) is 1. The van der Waals surface area contributed by atoms with Crippen LogP contribution < -0.4 is 10.1 Å². The van der Waals surface area contributed by atoms with Gasteiger partial charge in [-0.2, -0.15) is 5.10 Å². The first-order chi connectivity index (χ1) is 15.3. The van der Waals surface area contributed by atoms with E-state index in [2.05, 4.69) is 10.4 Å². The molecule has 1 aromatic heterocycles. The predicted molar refractivity (Wildman–Crippen MR) is 124 cm³/mol. The number of carbonyl (C=O) groups excluding carboxylic acids is 2. The van der Waals surface area contributed by atoms with Gasteiger partial charge in [0.15, 0.2) is 5.75 Å². The van der Waals surface area contributed by atoms with Gasteiger partial charge in [0.2, 0.25) is 0 Å². The molecule has 0 atom stereocenters. The summed E-state index contributed by atoms with van der Waals surface area (Å²) in [7, 11) is 1.38. The lowest BCUT2D eigenvalue weighted by molar-refractivity contribution is -0.140. The van der Waals surface area contributed by atoms with Crippen molar-refractivity contribution in [2.24, 2.45) is 0 Å². The maximum atomic E-state index is 12.8. The monoisotopic (exact) mass is 455 g/mol. The zero-order chi connectivity index (χ0) is 23.3. The zero-order valence-corrected chi connectivity index (χ0v) is 19.3. The number of carbonyl (C=O) groups is 2. The molecule has 0 fully saturated rings. The number of aryl methyl sites for hydroxylation is 1. The highest BCUT2D eigenvalue weighted by Gasteiger charge is 2.16. The molecular weight excluding hydrogens is 430 g/mol. The summed E-state index contributed by atoms with van der Waals surface area (Å²) in [4.78, 5) is 24.2. The van der Waals surface area contributed by atoms with Gasteiger partial charge in [-0.05, 0) is 69.2 Å². The lowest BCUT2D eigenvalue weighted by Crippen LogP contribution is -2.13. The minimum absolute atomic E-state index is 0.251. The van der Waals surface area contributed by atoms with Crippen LogP contribution in [0.5, 0.6) is 5.75 Å². The number of esters is 1. The smallest absolute Gasteiger partial charge is 0.305 e. The summed E-state index contributed by atoms with van der Waals surface area (Å²) in [6.07, 6.45) is 0.864. The van der Waals surface area contributed by atoms with Crippen LogP contribution in [0.25, 0.3) is 5.69 Å². The Labute approximate surface area is 192 Å². The lowest BCUT2D eigenvalue weighted by Gasteiger charge is -2.13. The van der Waals surface area contributed by atoms with E-state index in [1.54, 1.807) is 30.3 Å². The second-order valence-electron chi connectivity index (χ2n) is 7.19. The Bertz CT molecular complexity index is 1120. The molecule has 7 nitrogen and oxygen atoms in total. The Morgan fingerprint density at radius 1 is 1.12 bits per heavy atom. The number of anilines is 1. The fourth-order valence-electron chi connectivity index (χ4n) is 3.46. The van der Waals surface area contributed by atoms with Crippen molar-refractivity contribution in [1.82, 2.24) is 9.78 Å². The van der Waals surface area contributed by atoms with E-state index in [1.165, 1.54) is 7.11 Å². The van der Waals surface area contributed by atoms with E-state index in [0.717, 1.165) is 22.6 Å². The maximum Gasteiger partial charge on any atom is 0.305 e. The molecule has 2 aromatic carbocycles. The Morgan fingerprint density at radius 3 is 2.50 bits per heavy atom. The maximum absolute atomic E-state index is 12.8. The average molecular weight is 456 g/mol. The number of rotatable bonds is 8. The van der Waals surface area contributed by atoms with E-state index in [9.17, 15) is 9.59 Å². The van der Waals surface area contributed by atoms with Crippen LogP contribution in [0.3, 0.4) is 0 Å². The summed E-state index contributed by atoms with van der Waals surface area (Å²) in [5.74, 6) is -0.0743. The standard InChI is InChI=1S/C24H26ClN3O4/c1-5-32-23-20(25)7-6-8-21(23)26-24(30)17-9-11-18(12-10-17)28-16(3)19(15(2)27-28)13-14-22(29)31-4/h6-12H,5,13-14H2,1-4H3,(H,26,30). The second kappa shape index (κ2) is 10.3. The van der Waals surface area contributed by atoms with E-state index >= 15 is 0 Å². The number of benzene rings is 2. The number of nitrogens with zero attached hydrogens (tertiary/aromatic N) is 2. The minimum atomic E-state index is -0.271.